The summed E-state index contributed by atoms with van der Waals surface area (Å²) in [6, 6.07) is 20.6. The predicted molar refractivity (Wildman–Crippen MR) is 170 cm³/mol. The van der Waals surface area contributed by atoms with E-state index in [1.54, 1.807) is 28.2 Å². The van der Waals surface area contributed by atoms with Crippen LogP contribution in [-0.4, -0.2) is 26.3 Å². The molecule has 0 spiro atoms. The molecule has 0 amide bonds. The van der Waals surface area contributed by atoms with Crippen molar-refractivity contribution in [2.45, 2.75) is 26.9 Å². The van der Waals surface area contributed by atoms with Gasteiger partial charge < -0.3 is 19.2 Å². The van der Waals surface area contributed by atoms with E-state index in [0.717, 1.165) is 50.5 Å². The van der Waals surface area contributed by atoms with Crippen molar-refractivity contribution in [2.75, 3.05) is 0 Å². The first-order valence-corrected chi connectivity index (χ1v) is 15.2. The fraction of sp³-hybridized carbons (Fsp3) is 0.133. The van der Waals surface area contributed by atoms with Crippen LogP contribution < -0.4 is 5.46 Å². The smallest absolute Gasteiger partial charge is 0.423 e. The summed E-state index contributed by atoms with van der Waals surface area (Å²) in [6.45, 7) is 5.94. The Bertz CT molecular complexity index is 1790. The molecule has 4 heterocycles. The third-order valence-electron chi connectivity index (χ3n) is 6.34. The summed E-state index contributed by atoms with van der Waals surface area (Å²) in [5.41, 5.74) is 6.70. The maximum Gasteiger partial charge on any atom is 0.489 e. The van der Waals surface area contributed by atoms with Crippen LogP contribution in [0, 0.1) is 22.7 Å². The SMILES string of the molecule is CCn1cc(C#N)c2cc(-c3ccsc3)ccc21.CCn1cc(C#N)c2cc(Br)ccc21.OB(O)c1ccsc1. The summed E-state index contributed by atoms with van der Waals surface area (Å²) in [4.78, 5) is 0. The second-order valence-electron chi connectivity index (χ2n) is 8.72. The van der Waals surface area contributed by atoms with Crippen LogP contribution in [0.2, 0.25) is 0 Å². The second-order valence-corrected chi connectivity index (χ2v) is 11.2. The standard InChI is InChI=1S/C15H12N2S.C11H9BrN2.C4H5BO2S/c1-2-17-9-13(8-16)14-7-11(3-4-15(14)17)12-5-6-18-10-12;1-2-14-7-8(6-13)10-5-9(12)3-4-11(10)14;6-5(7)4-1-2-8-3-4/h3-7,9-10H,2H2,1H3;3-5,7H,2H2,1H3;1-3,6-7H. The zero-order valence-corrected chi connectivity index (χ0v) is 25.2. The van der Waals surface area contributed by atoms with Gasteiger partial charge in [-0.2, -0.15) is 33.2 Å². The third kappa shape index (κ3) is 6.56. The number of benzene rings is 2. The van der Waals surface area contributed by atoms with Gasteiger partial charge in [0, 0.05) is 51.8 Å². The number of aromatic nitrogens is 2. The van der Waals surface area contributed by atoms with E-state index in [2.05, 4.69) is 86.1 Å². The van der Waals surface area contributed by atoms with E-state index < -0.39 is 7.12 Å². The van der Waals surface area contributed by atoms with Crippen molar-refractivity contribution < 1.29 is 10.0 Å². The highest BCUT2D eigenvalue weighted by atomic mass is 79.9. The van der Waals surface area contributed by atoms with Crippen LogP contribution in [0.15, 0.2) is 86.9 Å². The molecule has 6 aromatic rings. The molecule has 0 aliphatic carbocycles. The van der Waals surface area contributed by atoms with Crippen molar-refractivity contribution in [3.8, 4) is 23.3 Å². The second kappa shape index (κ2) is 13.6. The molecule has 40 heavy (non-hydrogen) atoms. The molecule has 4 aromatic heterocycles. The molecule has 0 saturated carbocycles. The fourth-order valence-corrected chi connectivity index (χ4v) is 6.00. The van der Waals surface area contributed by atoms with Gasteiger partial charge in [-0.1, -0.05) is 28.1 Å². The zero-order valence-electron chi connectivity index (χ0n) is 22.0. The van der Waals surface area contributed by atoms with Gasteiger partial charge in [0.1, 0.15) is 12.1 Å². The normalized spacial score (nSPS) is 10.3. The van der Waals surface area contributed by atoms with Crippen LogP contribution in [0.1, 0.15) is 25.0 Å². The van der Waals surface area contributed by atoms with E-state index in [4.69, 9.17) is 15.3 Å². The van der Waals surface area contributed by atoms with E-state index in [0.29, 0.717) is 5.46 Å². The van der Waals surface area contributed by atoms with E-state index in [1.165, 1.54) is 22.5 Å². The van der Waals surface area contributed by atoms with Crippen LogP contribution in [0.25, 0.3) is 32.9 Å². The van der Waals surface area contributed by atoms with Gasteiger partial charge in [0.2, 0.25) is 0 Å². The molecule has 0 unspecified atom stereocenters. The summed E-state index contributed by atoms with van der Waals surface area (Å²) in [5, 5.41) is 44.9. The Kier molecular flexibility index (Phi) is 10.00. The first-order chi connectivity index (χ1) is 19.4. The molecule has 0 aliphatic rings. The van der Waals surface area contributed by atoms with Gasteiger partial charge in [-0.05, 0) is 88.4 Å². The number of nitriles is 2. The highest BCUT2D eigenvalue weighted by Crippen LogP contribution is 2.29. The summed E-state index contributed by atoms with van der Waals surface area (Å²) >= 11 is 6.55. The Morgan fingerprint density at radius 1 is 0.775 bits per heavy atom. The topological polar surface area (TPSA) is 97.9 Å². The fourth-order valence-electron chi connectivity index (χ4n) is 4.30. The number of hydrogen-bond acceptors (Lipinski definition) is 6. The molecule has 10 heteroatoms. The van der Waals surface area contributed by atoms with Gasteiger partial charge in [-0.15, -0.1) is 0 Å². The van der Waals surface area contributed by atoms with Gasteiger partial charge in [-0.25, -0.2) is 0 Å². The Balaban J connectivity index is 0.000000149. The highest BCUT2D eigenvalue weighted by molar-refractivity contribution is 9.10. The number of fused-ring (bicyclic) bond motifs is 2. The van der Waals surface area contributed by atoms with Crippen LogP contribution in [-0.2, 0) is 13.1 Å². The van der Waals surface area contributed by atoms with E-state index >= 15 is 0 Å². The molecule has 0 atom stereocenters. The van der Waals surface area contributed by atoms with Crippen molar-refractivity contribution in [1.82, 2.24) is 9.13 Å². The zero-order chi connectivity index (χ0) is 28.6. The average molecular weight is 629 g/mol. The van der Waals surface area contributed by atoms with Gasteiger partial charge in [0.25, 0.3) is 0 Å². The molecule has 0 radical (unpaired) electrons. The Morgan fingerprint density at radius 2 is 1.35 bits per heavy atom. The molecule has 0 bridgehead atoms. The number of aryl methyl sites for hydroxylation is 2. The summed E-state index contributed by atoms with van der Waals surface area (Å²) in [6.07, 6.45) is 3.83. The largest absolute Gasteiger partial charge is 0.489 e. The van der Waals surface area contributed by atoms with E-state index in [-0.39, 0.29) is 0 Å². The third-order valence-corrected chi connectivity index (χ3v) is 8.22. The first kappa shape index (κ1) is 29.4. The monoisotopic (exact) mass is 628 g/mol. The van der Waals surface area contributed by atoms with Crippen molar-refractivity contribution >= 4 is 73.0 Å². The molecule has 2 aromatic carbocycles. The number of hydrogen-bond donors (Lipinski definition) is 2. The molecule has 6 nitrogen and oxygen atoms in total. The van der Waals surface area contributed by atoms with Crippen molar-refractivity contribution in [3.05, 3.63) is 98.0 Å². The van der Waals surface area contributed by atoms with Gasteiger partial charge >= 0.3 is 7.12 Å². The number of rotatable bonds is 4. The Hall–Kier alpha value is -3.64. The summed E-state index contributed by atoms with van der Waals surface area (Å²) in [5.74, 6) is 0. The van der Waals surface area contributed by atoms with Crippen LogP contribution in [0.3, 0.4) is 0 Å². The average Bonchev–Trinajstić information content (AvgIpc) is 3.79. The maximum atomic E-state index is 9.20. The minimum atomic E-state index is -1.30. The molecule has 200 valence electrons. The lowest BCUT2D eigenvalue weighted by molar-refractivity contribution is 0.426. The molecule has 6 rings (SSSR count). The van der Waals surface area contributed by atoms with Crippen LogP contribution >= 0.6 is 38.6 Å². The van der Waals surface area contributed by atoms with Gasteiger partial charge in [0.15, 0.2) is 0 Å². The highest BCUT2D eigenvalue weighted by Gasteiger charge is 2.10. The maximum absolute atomic E-state index is 9.20. The quantitative estimate of drug-likeness (QED) is 0.206. The van der Waals surface area contributed by atoms with Gasteiger partial charge in [-0.3, -0.25) is 0 Å². The minimum Gasteiger partial charge on any atom is -0.423 e. The lowest BCUT2D eigenvalue weighted by atomic mass is 9.83. The van der Waals surface area contributed by atoms with Gasteiger partial charge in [0.05, 0.1) is 11.1 Å². The summed E-state index contributed by atoms with van der Waals surface area (Å²) in [7, 11) is -1.30. The van der Waals surface area contributed by atoms with Crippen LogP contribution in [0.4, 0.5) is 0 Å². The van der Waals surface area contributed by atoms with Crippen molar-refractivity contribution in [3.63, 3.8) is 0 Å². The van der Waals surface area contributed by atoms with E-state index in [9.17, 15) is 5.26 Å². The number of halogens is 1. The van der Waals surface area contributed by atoms with Crippen LogP contribution in [0.5, 0.6) is 0 Å². The Labute approximate surface area is 249 Å². The number of thiophene rings is 2. The molecule has 0 saturated heterocycles. The Morgan fingerprint density at radius 3 is 1.82 bits per heavy atom. The lowest BCUT2D eigenvalue weighted by Crippen LogP contribution is -2.27. The number of nitrogens with zero attached hydrogens (tertiary/aromatic N) is 4. The lowest BCUT2D eigenvalue weighted by Gasteiger charge is -2.02. The predicted octanol–water partition coefficient (Wildman–Crippen LogP) is 6.98. The van der Waals surface area contributed by atoms with Crippen molar-refractivity contribution in [1.29, 1.82) is 10.5 Å². The first-order valence-electron chi connectivity index (χ1n) is 12.5. The summed E-state index contributed by atoms with van der Waals surface area (Å²) < 4.78 is 5.21. The molecule has 0 aliphatic heterocycles. The molecular weight excluding hydrogens is 603 g/mol. The molecular formula is C30H26BBrN4O2S2. The van der Waals surface area contributed by atoms with E-state index in [1.807, 2.05) is 30.6 Å². The molecule has 2 N–H and O–H groups in total. The molecule has 0 fully saturated rings. The minimum absolute atomic E-state index is 0.565. The van der Waals surface area contributed by atoms with Crippen molar-refractivity contribution in [2.24, 2.45) is 0 Å².